The number of ether oxygens (including phenoxy) is 2. The average molecular weight is 493 g/mol. The van der Waals surface area contributed by atoms with Crippen molar-refractivity contribution in [3.05, 3.63) is 71.9 Å². The highest BCUT2D eigenvalue weighted by molar-refractivity contribution is 7.22. The lowest BCUT2D eigenvalue weighted by Gasteiger charge is -2.17. The number of carbonyl (C=O) groups is 2. The molecule has 0 unspecified atom stereocenters. The van der Waals surface area contributed by atoms with Crippen LogP contribution >= 0.6 is 11.3 Å². The molecule has 0 aliphatic carbocycles. The number of benzene rings is 2. The first-order valence-corrected chi connectivity index (χ1v) is 11.6. The van der Waals surface area contributed by atoms with E-state index in [-0.39, 0.29) is 30.4 Å². The van der Waals surface area contributed by atoms with Crippen LogP contribution in [-0.4, -0.2) is 39.1 Å². The summed E-state index contributed by atoms with van der Waals surface area (Å²) >= 11 is 1.36. The number of primary amides is 1. The molecule has 4 rings (SSSR count). The Balaban J connectivity index is 1.36. The summed E-state index contributed by atoms with van der Waals surface area (Å²) in [6.45, 7) is 3.50. The monoisotopic (exact) mass is 492 g/mol. The van der Waals surface area contributed by atoms with Gasteiger partial charge in [0.25, 0.3) is 5.91 Å². The minimum Gasteiger partial charge on any atom is -0.491 e. The lowest BCUT2D eigenvalue weighted by molar-refractivity contribution is -0.115. The Labute approximate surface area is 205 Å². The number of aliphatic hydroxyl groups is 1. The van der Waals surface area contributed by atoms with Crippen molar-refractivity contribution in [2.24, 2.45) is 5.73 Å². The van der Waals surface area contributed by atoms with Gasteiger partial charge in [0.1, 0.15) is 23.7 Å². The third-order valence-electron chi connectivity index (χ3n) is 4.74. The fourth-order valence-electron chi connectivity index (χ4n) is 3.11. The topological polar surface area (TPSA) is 137 Å². The zero-order valence-corrected chi connectivity index (χ0v) is 20.0. The zero-order chi connectivity index (χ0) is 25.0. The number of nitrogens with one attached hydrogen (secondary N) is 1. The lowest BCUT2D eigenvalue weighted by Crippen LogP contribution is -2.27. The molecular weight excluding hydrogens is 468 g/mol. The van der Waals surface area contributed by atoms with Crippen LogP contribution < -0.4 is 20.5 Å². The van der Waals surface area contributed by atoms with E-state index in [1.54, 1.807) is 56.3 Å². The van der Waals surface area contributed by atoms with Crippen molar-refractivity contribution in [3.8, 4) is 17.4 Å². The highest BCUT2D eigenvalue weighted by Crippen LogP contribution is 2.29. The summed E-state index contributed by atoms with van der Waals surface area (Å²) < 4.78 is 12.2. The number of fused-ring (bicyclic) bond motifs is 1. The number of rotatable bonds is 9. The van der Waals surface area contributed by atoms with E-state index in [4.69, 9.17) is 15.2 Å². The normalized spacial score (nSPS) is 11.3. The number of nitrogens with zero attached hydrogens (tertiary/aromatic N) is 2. The van der Waals surface area contributed by atoms with Crippen LogP contribution in [0.4, 0.5) is 5.13 Å². The van der Waals surface area contributed by atoms with Crippen LogP contribution in [-0.2, 0) is 11.2 Å². The number of hydrogen-bond donors (Lipinski definition) is 3. The smallest absolute Gasteiger partial charge is 0.254 e. The number of thiazole rings is 1. The van der Waals surface area contributed by atoms with E-state index in [9.17, 15) is 14.7 Å². The van der Waals surface area contributed by atoms with Crippen LogP contribution in [0, 0.1) is 0 Å². The van der Waals surface area contributed by atoms with Crippen molar-refractivity contribution < 1.29 is 24.2 Å². The fraction of sp³-hybridized carbons (Fsp3) is 0.200. The first-order chi connectivity index (χ1) is 16.7. The summed E-state index contributed by atoms with van der Waals surface area (Å²) in [6.07, 6.45) is 1.65. The highest BCUT2D eigenvalue weighted by atomic mass is 32.1. The molecule has 2 amide bonds. The maximum Gasteiger partial charge on any atom is 0.254 e. The van der Waals surface area contributed by atoms with Crippen LogP contribution in [0.2, 0.25) is 0 Å². The largest absolute Gasteiger partial charge is 0.491 e. The second kappa shape index (κ2) is 10.1. The van der Waals surface area contributed by atoms with E-state index in [0.717, 1.165) is 10.3 Å². The summed E-state index contributed by atoms with van der Waals surface area (Å²) in [4.78, 5) is 32.6. The average Bonchev–Trinajstić information content (AvgIpc) is 3.20. The maximum atomic E-state index is 12.5. The molecule has 0 fully saturated rings. The molecule has 4 aromatic rings. The van der Waals surface area contributed by atoms with E-state index in [2.05, 4.69) is 15.3 Å². The highest BCUT2D eigenvalue weighted by Gasteiger charge is 2.15. The van der Waals surface area contributed by atoms with Gasteiger partial charge in [-0.15, -0.1) is 0 Å². The Hall–Kier alpha value is -4.02. The summed E-state index contributed by atoms with van der Waals surface area (Å²) in [5.41, 5.74) is 6.06. The van der Waals surface area contributed by atoms with E-state index in [0.29, 0.717) is 22.1 Å². The molecule has 0 bridgehead atoms. The number of hydrogen-bond acceptors (Lipinski definition) is 8. The molecule has 2 heterocycles. The number of pyridine rings is 1. The van der Waals surface area contributed by atoms with Crippen LogP contribution in [0.3, 0.4) is 0 Å². The fourth-order valence-corrected chi connectivity index (χ4v) is 3.97. The van der Waals surface area contributed by atoms with Gasteiger partial charge in [-0.05, 0) is 55.8 Å². The molecular formula is C25H24N4O5S. The van der Waals surface area contributed by atoms with Crippen LogP contribution in [0.15, 0.2) is 60.8 Å². The maximum absolute atomic E-state index is 12.5. The predicted molar refractivity (Wildman–Crippen MR) is 133 cm³/mol. The van der Waals surface area contributed by atoms with Gasteiger partial charge in [-0.1, -0.05) is 23.5 Å². The van der Waals surface area contributed by atoms with Gasteiger partial charge < -0.3 is 25.6 Å². The minimum atomic E-state index is -0.939. The number of nitrogens with two attached hydrogens (primary N) is 1. The summed E-state index contributed by atoms with van der Waals surface area (Å²) in [5.74, 6) is 0.337. The molecule has 0 saturated heterocycles. The van der Waals surface area contributed by atoms with Gasteiger partial charge in [0.05, 0.1) is 22.2 Å². The molecule has 2 aromatic carbocycles. The van der Waals surface area contributed by atoms with Crippen molar-refractivity contribution in [3.63, 3.8) is 0 Å². The van der Waals surface area contributed by atoms with Crippen molar-refractivity contribution in [1.29, 1.82) is 0 Å². The van der Waals surface area contributed by atoms with Crippen LogP contribution in [0.25, 0.3) is 10.2 Å². The van der Waals surface area contributed by atoms with Gasteiger partial charge in [-0.3, -0.25) is 9.59 Å². The SMILES string of the molecule is CC(C)(O)COc1ccc2sc(NC(=O)Cc3ccc(Oc4ncccc4C(N)=O)cc3)nc2c1. The Morgan fingerprint density at radius 2 is 1.86 bits per heavy atom. The van der Waals surface area contributed by atoms with Gasteiger partial charge in [0.15, 0.2) is 5.13 Å². The van der Waals surface area contributed by atoms with Crippen LogP contribution in [0.5, 0.6) is 17.4 Å². The lowest BCUT2D eigenvalue weighted by atomic mass is 10.1. The molecule has 0 atom stereocenters. The standard InChI is InChI=1S/C25H24N4O5S/c1-25(2,32)14-33-17-9-10-20-19(13-17)28-24(35-20)29-21(30)12-15-5-7-16(8-6-15)34-23-18(22(26)31)4-3-11-27-23/h3-11,13,32H,12,14H2,1-2H3,(H2,26,31)(H,28,29,30). The minimum absolute atomic E-state index is 0.120. The molecule has 0 saturated carbocycles. The summed E-state index contributed by atoms with van der Waals surface area (Å²) in [6, 6.07) is 15.5. The number of aromatic nitrogens is 2. The second-order valence-corrected chi connectivity index (χ2v) is 9.47. The number of amides is 2. The van der Waals surface area contributed by atoms with Crippen molar-refractivity contribution >= 4 is 38.5 Å². The third kappa shape index (κ3) is 6.52. The predicted octanol–water partition coefficient (Wildman–Crippen LogP) is 3.91. The van der Waals surface area contributed by atoms with E-state index in [1.807, 2.05) is 6.07 Å². The summed E-state index contributed by atoms with van der Waals surface area (Å²) in [7, 11) is 0. The van der Waals surface area contributed by atoms with Crippen LogP contribution in [0.1, 0.15) is 29.8 Å². The van der Waals surface area contributed by atoms with Gasteiger partial charge in [0.2, 0.25) is 11.8 Å². The third-order valence-corrected chi connectivity index (χ3v) is 5.69. The molecule has 10 heteroatoms. The molecule has 0 aliphatic heterocycles. The van der Waals surface area contributed by atoms with Crippen molar-refractivity contribution in [2.45, 2.75) is 25.9 Å². The molecule has 4 N–H and O–H groups in total. The molecule has 0 aliphatic rings. The van der Waals surface area contributed by atoms with Gasteiger partial charge in [-0.25, -0.2) is 9.97 Å². The zero-order valence-electron chi connectivity index (χ0n) is 19.1. The molecule has 0 radical (unpaired) electrons. The summed E-state index contributed by atoms with van der Waals surface area (Å²) in [5, 5.41) is 13.1. The first kappa shape index (κ1) is 24.1. The first-order valence-electron chi connectivity index (χ1n) is 10.7. The van der Waals surface area contributed by atoms with Gasteiger partial charge in [-0.2, -0.15) is 0 Å². The molecule has 9 nitrogen and oxygen atoms in total. The number of carbonyl (C=O) groups excluding carboxylic acids is 2. The Morgan fingerprint density at radius 3 is 2.57 bits per heavy atom. The Kier molecular flexibility index (Phi) is 6.94. The quantitative estimate of drug-likeness (QED) is 0.322. The van der Waals surface area contributed by atoms with Gasteiger partial charge in [0, 0.05) is 12.3 Å². The molecule has 2 aromatic heterocycles. The Bertz CT molecular complexity index is 1360. The van der Waals surface area contributed by atoms with Crippen molar-refractivity contribution in [1.82, 2.24) is 9.97 Å². The molecule has 0 spiro atoms. The Morgan fingerprint density at radius 1 is 1.11 bits per heavy atom. The number of anilines is 1. The molecule has 180 valence electrons. The van der Waals surface area contributed by atoms with E-state index < -0.39 is 11.5 Å². The van der Waals surface area contributed by atoms with E-state index in [1.165, 1.54) is 23.6 Å². The van der Waals surface area contributed by atoms with E-state index >= 15 is 0 Å². The van der Waals surface area contributed by atoms with Crippen molar-refractivity contribution in [2.75, 3.05) is 11.9 Å². The second-order valence-electron chi connectivity index (χ2n) is 8.44. The van der Waals surface area contributed by atoms with Gasteiger partial charge >= 0.3 is 0 Å². The molecule has 35 heavy (non-hydrogen) atoms.